The van der Waals surface area contributed by atoms with Crippen molar-refractivity contribution >= 4 is 0 Å². The first-order valence-electron chi connectivity index (χ1n) is 8.71. The zero-order chi connectivity index (χ0) is 14.4. The summed E-state index contributed by atoms with van der Waals surface area (Å²) in [5, 5.41) is 3.80. The first-order chi connectivity index (χ1) is 9.69. The molecule has 1 heterocycles. The summed E-state index contributed by atoms with van der Waals surface area (Å²) in [4.78, 5) is 2.51. The van der Waals surface area contributed by atoms with Crippen LogP contribution in [0.3, 0.4) is 0 Å². The maximum absolute atomic E-state index is 5.82. The van der Waals surface area contributed by atoms with E-state index in [4.69, 9.17) is 4.74 Å². The van der Waals surface area contributed by atoms with Gasteiger partial charge in [-0.1, -0.05) is 26.2 Å². The van der Waals surface area contributed by atoms with Crippen molar-refractivity contribution in [1.29, 1.82) is 0 Å². The van der Waals surface area contributed by atoms with Gasteiger partial charge < -0.3 is 15.0 Å². The Morgan fingerprint density at radius 1 is 1.20 bits per heavy atom. The molecule has 3 heteroatoms. The lowest BCUT2D eigenvalue weighted by Crippen LogP contribution is -2.60. The summed E-state index contributed by atoms with van der Waals surface area (Å²) < 4.78 is 5.82. The van der Waals surface area contributed by atoms with Gasteiger partial charge in [0.25, 0.3) is 0 Å². The van der Waals surface area contributed by atoms with Crippen molar-refractivity contribution in [2.75, 3.05) is 27.2 Å². The summed E-state index contributed by atoms with van der Waals surface area (Å²) in [7, 11) is 4.56. The summed E-state index contributed by atoms with van der Waals surface area (Å²) in [6.07, 6.45) is 12.4. The summed E-state index contributed by atoms with van der Waals surface area (Å²) in [6.45, 7) is 4.30. The average molecular weight is 282 g/mol. The molecule has 0 radical (unpaired) electrons. The van der Waals surface area contributed by atoms with Crippen molar-refractivity contribution in [2.24, 2.45) is 0 Å². The number of hydrogen-bond acceptors (Lipinski definition) is 3. The Bertz CT molecular complexity index is 268. The first-order valence-corrected chi connectivity index (χ1v) is 8.71. The molecule has 3 nitrogen and oxygen atoms in total. The molecule has 1 saturated heterocycles. The van der Waals surface area contributed by atoms with Crippen molar-refractivity contribution < 1.29 is 4.74 Å². The van der Waals surface area contributed by atoms with Gasteiger partial charge in [-0.25, -0.2) is 0 Å². The van der Waals surface area contributed by atoms with Crippen LogP contribution in [-0.2, 0) is 4.74 Å². The minimum atomic E-state index is 0.368. The van der Waals surface area contributed by atoms with Gasteiger partial charge in [-0.15, -0.1) is 0 Å². The van der Waals surface area contributed by atoms with Crippen LogP contribution in [0.1, 0.15) is 64.7 Å². The van der Waals surface area contributed by atoms with Gasteiger partial charge >= 0.3 is 0 Å². The van der Waals surface area contributed by atoms with E-state index in [-0.39, 0.29) is 0 Å². The number of hydrogen-bond donors (Lipinski definition) is 1. The molecule has 1 aliphatic carbocycles. The predicted octanol–water partition coefficient (Wildman–Crippen LogP) is 3.19. The monoisotopic (exact) mass is 282 g/mol. The maximum Gasteiger partial charge on any atom is 0.0576 e. The van der Waals surface area contributed by atoms with Gasteiger partial charge in [-0.2, -0.15) is 0 Å². The van der Waals surface area contributed by atoms with Crippen LogP contribution in [0.4, 0.5) is 0 Å². The van der Waals surface area contributed by atoms with E-state index in [1.807, 2.05) is 0 Å². The summed E-state index contributed by atoms with van der Waals surface area (Å²) in [5.41, 5.74) is 0.368. The molecule has 2 aliphatic rings. The normalized spacial score (nSPS) is 27.9. The van der Waals surface area contributed by atoms with E-state index in [0.717, 1.165) is 13.2 Å². The zero-order valence-electron chi connectivity index (χ0n) is 13.8. The fourth-order valence-electron chi connectivity index (χ4n) is 4.30. The SMILES string of the molecule is CCNC(CCC1CCCO1)C1(N(C)C)CCCCC1. The lowest BCUT2D eigenvalue weighted by molar-refractivity contribution is 0.0416. The van der Waals surface area contributed by atoms with Crippen molar-refractivity contribution in [1.82, 2.24) is 10.2 Å². The van der Waals surface area contributed by atoms with E-state index in [2.05, 4.69) is 31.2 Å². The Morgan fingerprint density at radius 2 is 1.95 bits per heavy atom. The highest BCUT2D eigenvalue weighted by Crippen LogP contribution is 2.37. The summed E-state index contributed by atoms with van der Waals surface area (Å²) in [6, 6.07) is 0.618. The van der Waals surface area contributed by atoms with Gasteiger partial charge in [-0.3, -0.25) is 0 Å². The van der Waals surface area contributed by atoms with Gasteiger partial charge in [-0.05, 0) is 59.2 Å². The highest BCUT2D eigenvalue weighted by atomic mass is 16.5. The van der Waals surface area contributed by atoms with E-state index in [1.54, 1.807) is 0 Å². The van der Waals surface area contributed by atoms with Crippen LogP contribution in [0.2, 0.25) is 0 Å². The molecule has 0 aromatic carbocycles. The van der Waals surface area contributed by atoms with E-state index in [0.29, 0.717) is 17.7 Å². The van der Waals surface area contributed by atoms with Gasteiger partial charge in [0.15, 0.2) is 0 Å². The number of nitrogens with zero attached hydrogens (tertiary/aromatic N) is 1. The molecule has 1 N–H and O–H groups in total. The maximum atomic E-state index is 5.82. The predicted molar refractivity (Wildman–Crippen MR) is 85.2 cm³/mol. The fraction of sp³-hybridized carbons (Fsp3) is 1.00. The van der Waals surface area contributed by atoms with Crippen LogP contribution in [0.5, 0.6) is 0 Å². The van der Waals surface area contributed by atoms with Gasteiger partial charge in [0.1, 0.15) is 0 Å². The van der Waals surface area contributed by atoms with Crippen LogP contribution in [0.15, 0.2) is 0 Å². The molecule has 0 aromatic heterocycles. The topological polar surface area (TPSA) is 24.5 Å². The van der Waals surface area contributed by atoms with Crippen LogP contribution in [0, 0.1) is 0 Å². The third-order valence-electron chi connectivity index (χ3n) is 5.51. The molecule has 2 rings (SSSR count). The lowest BCUT2D eigenvalue weighted by atomic mass is 9.73. The minimum Gasteiger partial charge on any atom is -0.378 e. The summed E-state index contributed by atoms with van der Waals surface area (Å²) >= 11 is 0. The van der Waals surface area contributed by atoms with Crippen molar-refractivity contribution in [2.45, 2.75) is 82.4 Å². The third kappa shape index (κ3) is 3.75. The second-order valence-corrected chi connectivity index (χ2v) is 6.88. The number of likely N-dealkylation sites (N-methyl/N-ethyl adjacent to an activating group) is 2. The molecule has 20 heavy (non-hydrogen) atoms. The molecule has 2 fully saturated rings. The molecule has 0 spiro atoms. The second kappa shape index (κ2) is 7.77. The van der Waals surface area contributed by atoms with Crippen molar-refractivity contribution in [3.8, 4) is 0 Å². The van der Waals surface area contributed by atoms with Crippen molar-refractivity contribution in [3.05, 3.63) is 0 Å². The lowest BCUT2D eigenvalue weighted by Gasteiger charge is -2.49. The first kappa shape index (κ1) is 16.3. The Morgan fingerprint density at radius 3 is 2.50 bits per heavy atom. The molecule has 0 bridgehead atoms. The van der Waals surface area contributed by atoms with Gasteiger partial charge in [0.05, 0.1) is 6.10 Å². The molecule has 1 saturated carbocycles. The Hall–Kier alpha value is -0.120. The van der Waals surface area contributed by atoms with E-state index in [1.165, 1.54) is 57.8 Å². The minimum absolute atomic E-state index is 0.368. The highest BCUT2D eigenvalue weighted by molar-refractivity contribution is 5.00. The van der Waals surface area contributed by atoms with E-state index in [9.17, 15) is 0 Å². The number of nitrogens with one attached hydrogen (secondary N) is 1. The molecular formula is C17H34N2O. The second-order valence-electron chi connectivity index (χ2n) is 6.88. The number of rotatable bonds is 7. The molecule has 0 amide bonds. The Labute approximate surface area is 125 Å². The smallest absolute Gasteiger partial charge is 0.0576 e. The highest BCUT2D eigenvalue weighted by Gasteiger charge is 2.41. The largest absolute Gasteiger partial charge is 0.378 e. The standard InChI is InChI=1S/C17H34N2O/c1-4-18-16(11-10-15-9-8-14-20-15)17(19(2)3)12-6-5-7-13-17/h15-16,18H,4-14H2,1-3H3. The molecule has 2 atom stereocenters. The summed E-state index contributed by atoms with van der Waals surface area (Å²) in [5.74, 6) is 0. The average Bonchev–Trinajstić information content (AvgIpc) is 2.97. The molecule has 118 valence electrons. The fourth-order valence-corrected chi connectivity index (χ4v) is 4.30. The third-order valence-corrected chi connectivity index (χ3v) is 5.51. The van der Waals surface area contributed by atoms with Crippen LogP contribution >= 0.6 is 0 Å². The van der Waals surface area contributed by atoms with Crippen molar-refractivity contribution in [3.63, 3.8) is 0 Å². The molecular weight excluding hydrogens is 248 g/mol. The molecule has 2 unspecified atom stereocenters. The van der Waals surface area contributed by atoms with Gasteiger partial charge in [0, 0.05) is 18.2 Å². The van der Waals surface area contributed by atoms with Crippen LogP contribution < -0.4 is 5.32 Å². The Kier molecular flexibility index (Phi) is 6.31. The molecule has 0 aromatic rings. The number of ether oxygens (including phenoxy) is 1. The van der Waals surface area contributed by atoms with E-state index >= 15 is 0 Å². The zero-order valence-corrected chi connectivity index (χ0v) is 13.8. The Balaban J connectivity index is 1.99. The van der Waals surface area contributed by atoms with Crippen LogP contribution in [0.25, 0.3) is 0 Å². The molecule has 1 aliphatic heterocycles. The quantitative estimate of drug-likeness (QED) is 0.776. The van der Waals surface area contributed by atoms with Crippen LogP contribution in [-0.4, -0.2) is 49.8 Å². The van der Waals surface area contributed by atoms with Gasteiger partial charge in [0.2, 0.25) is 0 Å². The van der Waals surface area contributed by atoms with E-state index < -0.39 is 0 Å².